The first-order valence-corrected chi connectivity index (χ1v) is 7.39. The minimum absolute atomic E-state index is 0.293. The number of hydrogen-bond acceptors (Lipinski definition) is 2. The Morgan fingerprint density at radius 2 is 1.84 bits per heavy atom. The molecular weight excluding hydrogens is 306 g/mol. The van der Waals surface area contributed by atoms with Crippen molar-refractivity contribution in [2.45, 2.75) is 27.7 Å². The first-order chi connectivity index (χ1) is 8.82. The Balaban J connectivity index is 2.75. The Kier molecular flexibility index (Phi) is 5.85. The van der Waals surface area contributed by atoms with Crippen molar-refractivity contribution in [1.82, 2.24) is 0 Å². The molecule has 0 heterocycles. The lowest BCUT2D eigenvalue weighted by atomic mass is 9.85. The Morgan fingerprint density at radius 1 is 1.26 bits per heavy atom. The number of rotatable bonds is 6. The molecule has 0 amide bonds. The van der Waals surface area contributed by atoms with Crippen molar-refractivity contribution in [2.75, 3.05) is 11.9 Å². The van der Waals surface area contributed by atoms with Crippen LogP contribution in [0.2, 0.25) is 0 Å². The summed E-state index contributed by atoms with van der Waals surface area (Å²) in [5, 5.41) is 12.3. The summed E-state index contributed by atoms with van der Waals surface area (Å²) in [6.07, 6.45) is 0. The van der Waals surface area contributed by atoms with Gasteiger partial charge in [-0.15, -0.1) is 0 Å². The molecule has 0 aliphatic heterocycles. The maximum atomic E-state index is 10.9. The standard InChI is InChI=1S/C15H22BrNO2/c1-9(2)12(10(3)4)8-17-14-6-5-11(15(18)19)7-13(14)16/h5-7,9-10,12,17H,8H2,1-4H3,(H,18,19). The van der Waals surface area contributed by atoms with Crippen LogP contribution in [0.1, 0.15) is 38.1 Å². The predicted molar refractivity (Wildman–Crippen MR) is 82.8 cm³/mol. The van der Waals surface area contributed by atoms with Crippen molar-refractivity contribution in [1.29, 1.82) is 0 Å². The number of hydrogen-bond donors (Lipinski definition) is 2. The molecule has 4 heteroatoms. The van der Waals surface area contributed by atoms with Crippen LogP contribution in [-0.4, -0.2) is 17.6 Å². The minimum atomic E-state index is -0.908. The molecule has 2 N–H and O–H groups in total. The number of carbonyl (C=O) groups is 1. The first kappa shape index (κ1) is 16.0. The normalized spacial score (nSPS) is 11.4. The fourth-order valence-electron chi connectivity index (χ4n) is 2.26. The molecule has 0 spiro atoms. The predicted octanol–water partition coefficient (Wildman–Crippen LogP) is 4.49. The highest BCUT2D eigenvalue weighted by molar-refractivity contribution is 9.10. The Hall–Kier alpha value is -1.03. The average molecular weight is 328 g/mol. The van der Waals surface area contributed by atoms with E-state index in [-0.39, 0.29) is 0 Å². The van der Waals surface area contributed by atoms with Crippen LogP contribution in [-0.2, 0) is 0 Å². The molecule has 1 rings (SSSR count). The van der Waals surface area contributed by atoms with E-state index in [9.17, 15) is 4.79 Å². The number of carboxylic acid groups (broad SMARTS) is 1. The van der Waals surface area contributed by atoms with E-state index < -0.39 is 5.97 Å². The van der Waals surface area contributed by atoms with Gasteiger partial charge >= 0.3 is 5.97 Å². The third-order valence-corrected chi connectivity index (χ3v) is 4.11. The van der Waals surface area contributed by atoms with E-state index in [4.69, 9.17) is 5.11 Å². The van der Waals surface area contributed by atoms with Crippen LogP contribution in [0.3, 0.4) is 0 Å². The van der Waals surface area contributed by atoms with Crippen molar-refractivity contribution in [2.24, 2.45) is 17.8 Å². The highest BCUT2D eigenvalue weighted by atomic mass is 79.9. The van der Waals surface area contributed by atoms with Crippen molar-refractivity contribution in [3.05, 3.63) is 28.2 Å². The highest BCUT2D eigenvalue weighted by Crippen LogP contribution is 2.26. The number of carboxylic acids is 1. The van der Waals surface area contributed by atoms with E-state index in [0.29, 0.717) is 23.3 Å². The van der Waals surface area contributed by atoms with E-state index in [1.807, 2.05) is 6.07 Å². The molecule has 1 aromatic carbocycles. The van der Waals surface area contributed by atoms with Gasteiger partial charge in [-0.05, 0) is 51.9 Å². The van der Waals surface area contributed by atoms with Crippen LogP contribution in [0, 0.1) is 17.8 Å². The molecule has 3 nitrogen and oxygen atoms in total. The molecule has 0 bridgehead atoms. The highest BCUT2D eigenvalue weighted by Gasteiger charge is 2.17. The number of benzene rings is 1. The quantitative estimate of drug-likeness (QED) is 0.809. The van der Waals surface area contributed by atoms with Crippen LogP contribution in [0.5, 0.6) is 0 Å². The molecule has 0 aliphatic rings. The maximum absolute atomic E-state index is 10.9. The molecule has 0 unspecified atom stereocenters. The monoisotopic (exact) mass is 327 g/mol. The molecule has 106 valence electrons. The molecular formula is C15H22BrNO2. The van der Waals surface area contributed by atoms with Crippen LogP contribution < -0.4 is 5.32 Å². The van der Waals surface area contributed by atoms with E-state index in [2.05, 4.69) is 48.9 Å². The topological polar surface area (TPSA) is 49.3 Å². The largest absolute Gasteiger partial charge is 0.478 e. The maximum Gasteiger partial charge on any atom is 0.335 e. The summed E-state index contributed by atoms with van der Waals surface area (Å²) in [5.74, 6) is 0.912. The zero-order valence-corrected chi connectivity index (χ0v) is 13.5. The summed E-state index contributed by atoms with van der Waals surface area (Å²) >= 11 is 3.41. The second-order valence-electron chi connectivity index (χ2n) is 5.53. The van der Waals surface area contributed by atoms with Gasteiger partial charge in [-0.1, -0.05) is 27.7 Å². The lowest BCUT2D eigenvalue weighted by Crippen LogP contribution is -2.24. The smallest absolute Gasteiger partial charge is 0.335 e. The van der Waals surface area contributed by atoms with Gasteiger partial charge in [0.25, 0.3) is 0 Å². The van der Waals surface area contributed by atoms with Crippen LogP contribution in [0.25, 0.3) is 0 Å². The molecule has 0 aliphatic carbocycles. The van der Waals surface area contributed by atoms with Gasteiger partial charge in [0.2, 0.25) is 0 Å². The van der Waals surface area contributed by atoms with E-state index in [1.165, 1.54) is 0 Å². The molecule has 19 heavy (non-hydrogen) atoms. The molecule has 0 atom stereocenters. The molecule has 0 fully saturated rings. The van der Waals surface area contributed by atoms with E-state index in [0.717, 1.165) is 16.7 Å². The Morgan fingerprint density at radius 3 is 2.26 bits per heavy atom. The average Bonchev–Trinajstić information content (AvgIpc) is 2.29. The van der Waals surface area contributed by atoms with Gasteiger partial charge in [-0.25, -0.2) is 4.79 Å². The SMILES string of the molecule is CC(C)C(CNc1ccc(C(=O)O)cc1Br)C(C)C. The second kappa shape index (κ2) is 6.94. The number of nitrogens with one attached hydrogen (secondary N) is 1. The fraction of sp³-hybridized carbons (Fsp3) is 0.533. The summed E-state index contributed by atoms with van der Waals surface area (Å²) < 4.78 is 0.790. The van der Waals surface area contributed by atoms with Gasteiger partial charge in [0.1, 0.15) is 0 Å². The van der Waals surface area contributed by atoms with Crippen LogP contribution >= 0.6 is 15.9 Å². The van der Waals surface area contributed by atoms with Gasteiger partial charge in [-0.3, -0.25) is 0 Å². The summed E-state index contributed by atoms with van der Waals surface area (Å²) in [6.45, 7) is 9.81. The zero-order valence-electron chi connectivity index (χ0n) is 11.9. The van der Waals surface area contributed by atoms with E-state index in [1.54, 1.807) is 12.1 Å². The van der Waals surface area contributed by atoms with Crippen molar-refractivity contribution < 1.29 is 9.90 Å². The number of halogens is 1. The second-order valence-corrected chi connectivity index (χ2v) is 6.39. The van der Waals surface area contributed by atoms with Gasteiger partial charge in [0.15, 0.2) is 0 Å². The van der Waals surface area contributed by atoms with E-state index >= 15 is 0 Å². The third kappa shape index (κ3) is 4.53. The van der Waals surface area contributed by atoms with Gasteiger partial charge in [0.05, 0.1) is 5.56 Å². The number of anilines is 1. The Bertz CT molecular complexity index is 436. The van der Waals surface area contributed by atoms with Crippen molar-refractivity contribution in [3.8, 4) is 0 Å². The summed E-state index contributed by atoms with van der Waals surface area (Å²) in [7, 11) is 0. The van der Waals surface area contributed by atoms with Crippen molar-refractivity contribution in [3.63, 3.8) is 0 Å². The van der Waals surface area contributed by atoms with Crippen LogP contribution in [0.4, 0.5) is 5.69 Å². The summed E-state index contributed by atoms with van der Waals surface area (Å²) in [6, 6.07) is 5.06. The molecule has 1 aromatic rings. The lowest BCUT2D eigenvalue weighted by molar-refractivity contribution is 0.0697. The molecule has 0 saturated heterocycles. The first-order valence-electron chi connectivity index (χ1n) is 6.59. The summed E-state index contributed by atoms with van der Waals surface area (Å²) in [4.78, 5) is 10.9. The molecule has 0 saturated carbocycles. The van der Waals surface area contributed by atoms with Crippen LogP contribution in [0.15, 0.2) is 22.7 Å². The number of aromatic carboxylic acids is 1. The van der Waals surface area contributed by atoms with Gasteiger partial charge in [0, 0.05) is 16.7 Å². The van der Waals surface area contributed by atoms with Gasteiger partial charge < -0.3 is 10.4 Å². The lowest BCUT2D eigenvalue weighted by Gasteiger charge is -2.25. The molecule has 0 aromatic heterocycles. The van der Waals surface area contributed by atoms with Gasteiger partial charge in [-0.2, -0.15) is 0 Å². The fourth-order valence-corrected chi connectivity index (χ4v) is 2.78. The Labute approximate surface area is 123 Å². The minimum Gasteiger partial charge on any atom is -0.478 e. The van der Waals surface area contributed by atoms with Crippen molar-refractivity contribution >= 4 is 27.6 Å². The summed E-state index contributed by atoms with van der Waals surface area (Å²) in [5.41, 5.74) is 1.23. The third-order valence-electron chi connectivity index (χ3n) is 3.46. The molecule has 0 radical (unpaired) electrons. The zero-order chi connectivity index (χ0) is 14.6.